The normalized spacial score (nSPS) is 10.8. The Labute approximate surface area is 128 Å². The number of halogens is 1. The van der Waals surface area contributed by atoms with Gasteiger partial charge in [-0.25, -0.2) is 4.98 Å². The maximum Gasteiger partial charge on any atom is 0.137 e. The van der Waals surface area contributed by atoms with Gasteiger partial charge in [0, 0.05) is 16.3 Å². The molecule has 2 aromatic carbocycles. The van der Waals surface area contributed by atoms with Crippen LogP contribution in [0.1, 0.15) is 5.56 Å². The molecule has 0 aliphatic heterocycles. The van der Waals surface area contributed by atoms with E-state index in [1.54, 1.807) is 7.11 Å². The number of ether oxygens (including phenoxy) is 1. The number of nitrogens with two attached hydrogens (primary N) is 1. The van der Waals surface area contributed by atoms with Crippen LogP contribution in [-0.4, -0.2) is 12.1 Å². The van der Waals surface area contributed by atoms with Crippen LogP contribution in [0.2, 0.25) is 5.15 Å². The van der Waals surface area contributed by atoms with Crippen molar-refractivity contribution in [2.75, 3.05) is 12.8 Å². The summed E-state index contributed by atoms with van der Waals surface area (Å²) in [7, 11) is 1.62. The quantitative estimate of drug-likeness (QED) is 0.711. The van der Waals surface area contributed by atoms with Crippen LogP contribution in [0.3, 0.4) is 0 Å². The van der Waals surface area contributed by atoms with Crippen molar-refractivity contribution in [3.63, 3.8) is 0 Å². The SMILES string of the molecule is COc1ccc2c(N)c(-c3ccc(C)cc3)nc(Cl)c2c1. The van der Waals surface area contributed by atoms with Crippen LogP contribution in [0.4, 0.5) is 5.69 Å². The van der Waals surface area contributed by atoms with Crippen molar-refractivity contribution < 1.29 is 4.74 Å². The topological polar surface area (TPSA) is 48.1 Å². The fraction of sp³-hybridized carbons (Fsp3) is 0.118. The monoisotopic (exact) mass is 298 g/mol. The number of nitrogen functional groups attached to an aromatic ring is 1. The maximum absolute atomic E-state index is 6.32. The van der Waals surface area contributed by atoms with E-state index in [0.717, 1.165) is 22.1 Å². The third-order valence-corrected chi connectivity index (χ3v) is 3.82. The zero-order valence-electron chi connectivity index (χ0n) is 11.9. The number of benzene rings is 2. The van der Waals surface area contributed by atoms with Crippen LogP contribution in [0.5, 0.6) is 5.75 Å². The molecule has 0 unspecified atom stereocenters. The molecule has 0 saturated carbocycles. The molecule has 0 fully saturated rings. The lowest BCUT2D eigenvalue weighted by Crippen LogP contribution is -1.97. The summed E-state index contributed by atoms with van der Waals surface area (Å²) in [6.45, 7) is 2.04. The van der Waals surface area contributed by atoms with Gasteiger partial charge in [-0.05, 0) is 25.1 Å². The molecule has 21 heavy (non-hydrogen) atoms. The first-order valence-electron chi connectivity index (χ1n) is 6.60. The van der Waals surface area contributed by atoms with E-state index < -0.39 is 0 Å². The number of nitrogens with zero attached hydrogens (tertiary/aromatic N) is 1. The summed E-state index contributed by atoms with van der Waals surface area (Å²) in [5.74, 6) is 0.730. The Morgan fingerprint density at radius 1 is 1.05 bits per heavy atom. The minimum atomic E-state index is 0.425. The Hall–Kier alpha value is -2.26. The summed E-state index contributed by atoms with van der Waals surface area (Å²) < 4.78 is 5.22. The number of rotatable bonds is 2. The zero-order chi connectivity index (χ0) is 15.0. The molecular weight excluding hydrogens is 284 g/mol. The molecule has 106 valence electrons. The second-order valence-corrected chi connectivity index (χ2v) is 5.30. The first-order valence-corrected chi connectivity index (χ1v) is 6.97. The van der Waals surface area contributed by atoms with E-state index in [9.17, 15) is 0 Å². The molecule has 0 aliphatic rings. The van der Waals surface area contributed by atoms with Gasteiger partial charge < -0.3 is 10.5 Å². The molecule has 0 spiro atoms. The Balaban J connectivity index is 2.26. The third-order valence-electron chi connectivity index (χ3n) is 3.53. The van der Waals surface area contributed by atoms with Crippen molar-refractivity contribution in [3.8, 4) is 17.0 Å². The molecule has 0 atom stereocenters. The van der Waals surface area contributed by atoms with Gasteiger partial charge in [-0.15, -0.1) is 0 Å². The summed E-state index contributed by atoms with van der Waals surface area (Å²) in [6.07, 6.45) is 0. The predicted molar refractivity (Wildman–Crippen MR) is 87.9 cm³/mol. The molecule has 1 aromatic heterocycles. The van der Waals surface area contributed by atoms with Crippen molar-refractivity contribution in [1.82, 2.24) is 4.98 Å². The Bertz CT molecular complexity index is 813. The Morgan fingerprint density at radius 2 is 1.76 bits per heavy atom. The van der Waals surface area contributed by atoms with Gasteiger partial charge in [0.1, 0.15) is 10.9 Å². The number of aromatic nitrogens is 1. The maximum atomic E-state index is 6.32. The van der Waals surface area contributed by atoms with Gasteiger partial charge in [0.25, 0.3) is 0 Å². The molecule has 3 rings (SSSR count). The van der Waals surface area contributed by atoms with Gasteiger partial charge in [-0.3, -0.25) is 0 Å². The Kier molecular flexibility index (Phi) is 3.43. The van der Waals surface area contributed by atoms with Crippen LogP contribution < -0.4 is 10.5 Å². The van der Waals surface area contributed by atoms with Gasteiger partial charge in [0.05, 0.1) is 18.5 Å². The number of hydrogen-bond donors (Lipinski definition) is 1. The van der Waals surface area contributed by atoms with E-state index >= 15 is 0 Å². The molecule has 3 nitrogen and oxygen atoms in total. The lowest BCUT2D eigenvalue weighted by Gasteiger charge is -2.11. The van der Waals surface area contributed by atoms with Crippen LogP contribution >= 0.6 is 11.6 Å². The largest absolute Gasteiger partial charge is 0.497 e. The van der Waals surface area contributed by atoms with Crippen LogP contribution in [-0.2, 0) is 0 Å². The minimum absolute atomic E-state index is 0.425. The van der Waals surface area contributed by atoms with Crippen molar-refractivity contribution in [3.05, 3.63) is 53.2 Å². The summed E-state index contributed by atoms with van der Waals surface area (Å²) in [5.41, 5.74) is 9.76. The van der Waals surface area contributed by atoms with Gasteiger partial charge in [-0.2, -0.15) is 0 Å². The van der Waals surface area contributed by atoms with Gasteiger partial charge in [0.2, 0.25) is 0 Å². The van der Waals surface area contributed by atoms with E-state index in [-0.39, 0.29) is 0 Å². The van der Waals surface area contributed by atoms with Crippen molar-refractivity contribution in [2.45, 2.75) is 6.92 Å². The fourth-order valence-electron chi connectivity index (χ4n) is 2.33. The molecule has 3 aromatic rings. The number of aryl methyl sites for hydroxylation is 1. The van der Waals surface area contributed by atoms with Crippen molar-refractivity contribution >= 4 is 28.1 Å². The average Bonchev–Trinajstić information content (AvgIpc) is 2.51. The van der Waals surface area contributed by atoms with Gasteiger partial charge in [-0.1, -0.05) is 41.4 Å². The van der Waals surface area contributed by atoms with Crippen LogP contribution in [0.15, 0.2) is 42.5 Å². The van der Waals surface area contributed by atoms with E-state index in [4.69, 9.17) is 22.1 Å². The number of pyridine rings is 1. The lowest BCUT2D eigenvalue weighted by molar-refractivity contribution is 0.415. The standard InChI is InChI=1S/C17H15ClN2O/c1-10-3-5-11(6-4-10)16-15(19)13-8-7-12(21-2)9-14(13)17(18)20-16/h3-9H,19H2,1-2H3. The molecule has 0 saturated heterocycles. The molecule has 0 aliphatic carbocycles. The summed E-state index contributed by atoms with van der Waals surface area (Å²) >= 11 is 6.32. The fourth-order valence-corrected chi connectivity index (χ4v) is 2.57. The molecular formula is C17H15ClN2O. The van der Waals surface area contributed by atoms with Crippen LogP contribution in [0.25, 0.3) is 22.0 Å². The molecule has 0 bridgehead atoms. The second-order valence-electron chi connectivity index (χ2n) is 4.94. The third kappa shape index (κ3) is 2.41. The van der Waals surface area contributed by atoms with Crippen LogP contribution in [0, 0.1) is 6.92 Å². The van der Waals surface area contributed by atoms with Gasteiger partial charge >= 0.3 is 0 Å². The molecule has 0 amide bonds. The highest BCUT2D eigenvalue weighted by Gasteiger charge is 2.13. The smallest absolute Gasteiger partial charge is 0.137 e. The highest BCUT2D eigenvalue weighted by molar-refractivity contribution is 6.35. The summed E-state index contributed by atoms with van der Waals surface area (Å²) in [4.78, 5) is 4.46. The summed E-state index contributed by atoms with van der Waals surface area (Å²) in [6, 6.07) is 13.7. The van der Waals surface area contributed by atoms with Crippen molar-refractivity contribution in [2.24, 2.45) is 0 Å². The average molecular weight is 299 g/mol. The number of hydrogen-bond acceptors (Lipinski definition) is 3. The van der Waals surface area contributed by atoms with E-state index in [1.165, 1.54) is 5.56 Å². The molecule has 2 N–H and O–H groups in total. The second kappa shape index (κ2) is 5.26. The Morgan fingerprint density at radius 3 is 2.43 bits per heavy atom. The summed E-state index contributed by atoms with van der Waals surface area (Å²) in [5, 5.41) is 2.10. The van der Waals surface area contributed by atoms with E-state index in [2.05, 4.69) is 4.98 Å². The lowest BCUT2D eigenvalue weighted by atomic mass is 10.0. The zero-order valence-corrected chi connectivity index (χ0v) is 12.6. The minimum Gasteiger partial charge on any atom is -0.497 e. The molecule has 0 radical (unpaired) electrons. The molecule has 1 heterocycles. The van der Waals surface area contributed by atoms with E-state index in [0.29, 0.717) is 16.5 Å². The number of anilines is 1. The van der Waals surface area contributed by atoms with Gasteiger partial charge in [0.15, 0.2) is 0 Å². The number of fused-ring (bicyclic) bond motifs is 1. The first kappa shape index (κ1) is 13.7. The highest BCUT2D eigenvalue weighted by atomic mass is 35.5. The predicted octanol–water partition coefficient (Wildman–Crippen LogP) is 4.45. The number of methoxy groups -OCH3 is 1. The highest BCUT2D eigenvalue weighted by Crippen LogP contribution is 2.36. The first-order chi connectivity index (χ1) is 10.1. The van der Waals surface area contributed by atoms with Crippen molar-refractivity contribution in [1.29, 1.82) is 0 Å². The molecule has 4 heteroatoms. The van der Waals surface area contributed by atoms with E-state index in [1.807, 2.05) is 49.4 Å².